The largest absolute Gasteiger partial charge is 0.454 e. The number of carbonyl (C=O) groups is 2. The first-order chi connectivity index (χ1) is 17.8. The second kappa shape index (κ2) is 9.06. The number of halogens is 1. The Morgan fingerprint density at radius 3 is 2.51 bits per heavy atom. The Morgan fingerprint density at radius 1 is 1.03 bits per heavy atom. The van der Waals surface area contributed by atoms with Crippen LogP contribution in [0.15, 0.2) is 82.5 Å². The van der Waals surface area contributed by atoms with Crippen LogP contribution < -0.4 is 19.7 Å². The Bertz CT molecular complexity index is 1450. The van der Waals surface area contributed by atoms with E-state index in [0.717, 1.165) is 32.7 Å². The molecule has 37 heavy (non-hydrogen) atoms. The van der Waals surface area contributed by atoms with E-state index in [1.54, 1.807) is 4.90 Å². The van der Waals surface area contributed by atoms with E-state index in [4.69, 9.17) is 9.47 Å². The quantitative estimate of drug-likeness (QED) is 0.394. The topological polar surface area (TPSA) is 67.9 Å². The van der Waals surface area contributed by atoms with E-state index in [0.29, 0.717) is 29.9 Å². The minimum absolute atomic E-state index is 0.0404. The number of rotatable bonds is 3. The van der Waals surface area contributed by atoms with Crippen molar-refractivity contribution in [2.75, 3.05) is 17.0 Å². The normalized spacial score (nSPS) is 19.6. The lowest BCUT2D eigenvalue weighted by atomic mass is 9.73. The summed E-state index contributed by atoms with van der Waals surface area (Å²) in [5.41, 5.74) is 4.52. The highest BCUT2D eigenvalue weighted by Gasteiger charge is 2.44. The summed E-state index contributed by atoms with van der Waals surface area (Å²) in [5, 5.41) is 3.56. The van der Waals surface area contributed by atoms with Gasteiger partial charge in [-0.15, -0.1) is 0 Å². The van der Waals surface area contributed by atoms with Gasteiger partial charge in [0.1, 0.15) is 0 Å². The number of anilines is 2. The maximum absolute atomic E-state index is 14.2. The highest BCUT2D eigenvalue weighted by Crippen LogP contribution is 2.51. The molecule has 188 valence electrons. The van der Waals surface area contributed by atoms with Gasteiger partial charge in [0, 0.05) is 22.2 Å². The van der Waals surface area contributed by atoms with Crippen LogP contribution in [-0.4, -0.2) is 18.5 Å². The Balaban J connectivity index is 1.59. The monoisotopic (exact) mass is 558 g/mol. The van der Waals surface area contributed by atoms with Crippen LogP contribution in [0.2, 0.25) is 0 Å². The van der Waals surface area contributed by atoms with E-state index < -0.39 is 6.04 Å². The fraction of sp³-hybridized carbons (Fsp3) is 0.267. The van der Waals surface area contributed by atoms with Crippen LogP contribution in [0.5, 0.6) is 11.5 Å². The number of allylic oxidation sites excluding steroid dienone is 1. The fourth-order valence-electron chi connectivity index (χ4n) is 5.55. The number of benzene rings is 3. The van der Waals surface area contributed by atoms with Gasteiger partial charge in [0.2, 0.25) is 12.7 Å². The number of fused-ring (bicyclic) bond motifs is 2. The second-order valence-corrected chi connectivity index (χ2v) is 11.4. The summed E-state index contributed by atoms with van der Waals surface area (Å²) >= 11 is 3.73. The van der Waals surface area contributed by atoms with Crippen molar-refractivity contribution in [2.45, 2.75) is 39.2 Å². The second-order valence-electron chi connectivity index (χ2n) is 10.5. The maximum atomic E-state index is 14.2. The maximum Gasteiger partial charge on any atom is 0.232 e. The first-order valence-electron chi connectivity index (χ1n) is 12.4. The molecular weight excluding hydrogens is 532 g/mol. The Kier molecular flexibility index (Phi) is 5.83. The summed E-state index contributed by atoms with van der Waals surface area (Å²) in [5.74, 6) is 1.18. The smallest absolute Gasteiger partial charge is 0.232 e. The van der Waals surface area contributed by atoms with Crippen LogP contribution in [0, 0.1) is 5.41 Å². The minimum Gasteiger partial charge on any atom is -0.454 e. The molecule has 0 radical (unpaired) electrons. The number of nitrogens with zero attached hydrogens (tertiary/aromatic N) is 1. The van der Waals surface area contributed by atoms with Crippen LogP contribution in [0.3, 0.4) is 0 Å². The van der Waals surface area contributed by atoms with E-state index >= 15 is 0 Å². The molecule has 0 bridgehead atoms. The van der Waals surface area contributed by atoms with Gasteiger partial charge in [0.15, 0.2) is 17.3 Å². The molecule has 0 aromatic heterocycles. The molecule has 6 rings (SSSR count). The van der Waals surface area contributed by atoms with Gasteiger partial charge in [0.05, 0.1) is 23.8 Å². The Labute approximate surface area is 224 Å². The van der Waals surface area contributed by atoms with Crippen molar-refractivity contribution in [3.05, 3.63) is 93.6 Å². The van der Waals surface area contributed by atoms with Crippen LogP contribution in [0.25, 0.3) is 0 Å². The minimum atomic E-state index is -0.644. The predicted octanol–water partition coefficient (Wildman–Crippen LogP) is 6.56. The van der Waals surface area contributed by atoms with E-state index in [1.165, 1.54) is 0 Å². The molecule has 7 heteroatoms. The van der Waals surface area contributed by atoms with E-state index in [1.807, 2.05) is 66.7 Å². The van der Waals surface area contributed by atoms with Crippen LogP contribution in [0.1, 0.15) is 43.9 Å². The molecule has 0 unspecified atom stereocenters. The van der Waals surface area contributed by atoms with Gasteiger partial charge in [-0.1, -0.05) is 72.2 Å². The molecule has 3 aliphatic rings. The molecule has 0 spiro atoms. The zero-order chi connectivity index (χ0) is 25.7. The van der Waals surface area contributed by atoms with E-state index in [9.17, 15) is 9.59 Å². The van der Waals surface area contributed by atoms with Gasteiger partial charge in [-0.3, -0.25) is 14.5 Å². The lowest BCUT2D eigenvalue weighted by Gasteiger charge is -2.37. The first kappa shape index (κ1) is 23.8. The molecule has 2 heterocycles. The molecule has 1 aliphatic carbocycles. The van der Waals surface area contributed by atoms with E-state index in [2.05, 4.69) is 35.1 Å². The molecule has 1 atom stereocenters. The zero-order valence-corrected chi connectivity index (χ0v) is 22.3. The van der Waals surface area contributed by atoms with Crippen LogP contribution in [0.4, 0.5) is 11.4 Å². The summed E-state index contributed by atoms with van der Waals surface area (Å²) in [4.78, 5) is 29.9. The number of nitrogens with one attached hydrogen (secondary N) is 1. The number of para-hydroxylation sites is 2. The van der Waals surface area contributed by atoms with Crippen molar-refractivity contribution in [3.63, 3.8) is 0 Å². The molecule has 0 saturated heterocycles. The van der Waals surface area contributed by atoms with Crippen molar-refractivity contribution >= 4 is 39.0 Å². The van der Waals surface area contributed by atoms with Gasteiger partial charge in [0.25, 0.3) is 0 Å². The lowest BCUT2D eigenvalue weighted by molar-refractivity contribution is -0.119. The molecule has 0 fully saturated rings. The third-order valence-corrected chi connectivity index (χ3v) is 7.84. The molecule has 3 aromatic rings. The number of ketones is 1. The molecule has 1 amide bonds. The third-order valence-electron chi connectivity index (χ3n) is 7.15. The number of ether oxygens (including phenoxy) is 2. The van der Waals surface area contributed by atoms with Gasteiger partial charge in [-0.05, 0) is 47.2 Å². The molecular formula is C30H27BrN2O4. The van der Waals surface area contributed by atoms with Gasteiger partial charge in [-0.2, -0.15) is 0 Å². The summed E-state index contributed by atoms with van der Waals surface area (Å²) in [7, 11) is 0. The number of carbonyl (C=O) groups excluding carboxylic acids is 2. The SMILES string of the molecule is CC1(C)CC(=O)C2=C(C1)Nc1ccccc1N(C(=O)Cc1ccccc1)[C@@H]2c1cc2c(cc1Br)OCO2. The van der Waals surface area contributed by atoms with Crippen molar-refractivity contribution in [3.8, 4) is 11.5 Å². The average molecular weight is 559 g/mol. The number of Topliss-reactive ketones (excluding diaryl/α,β-unsaturated/α-hetero) is 1. The van der Waals surface area contributed by atoms with Gasteiger partial charge < -0.3 is 14.8 Å². The molecule has 6 nitrogen and oxygen atoms in total. The first-order valence-corrected chi connectivity index (χ1v) is 13.2. The fourth-order valence-corrected chi connectivity index (χ4v) is 6.09. The summed E-state index contributed by atoms with van der Waals surface area (Å²) < 4.78 is 12.0. The van der Waals surface area contributed by atoms with Crippen molar-refractivity contribution in [1.82, 2.24) is 0 Å². The molecule has 2 aliphatic heterocycles. The molecule has 3 aromatic carbocycles. The van der Waals surface area contributed by atoms with Gasteiger partial charge in [-0.25, -0.2) is 0 Å². The van der Waals surface area contributed by atoms with Crippen molar-refractivity contribution in [2.24, 2.45) is 5.41 Å². The summed E-state index contributed by atoms with van der Waals surface area (Å²) in [6, 6.07) is 20.6. The third kappa shape index (κ3) is 4.31. The highest BCUT2D eigenvalue weighted by molar-refractivity contribution is 9.10. The van der Waals surface area contributed by atoms with E-state index in [-0.39, 0.29) is 30.3 Å². The lowest BCUT2D eigenvalue weighted by Crippen LogP contribution is -2.40. The Morgan fingerprint density at radius 2 is 1.73 bits per heavy atom. The Hall–Kier alpha value is -3.58. The highest BCUT2D eigenvalue weighted by atomic mass is 79.9. The standard InChI is InChI=1S/C30H27BrN2O4/c1-30(2)15-22-28(24(34)16-30)29(19-13-25-26(14-20(19)31)37-17-36-25)33(23-11-7-6-10-21(23)32-22)27(35)12-18-8-4-3-5-9-18/h3-11,13-14,29,32H,12,15-17H2,1-2H3/t29-/m1/s1. The predicted molar refractivity (Wildman–Crippen MR) is 146 cm³/mol. The summed E-state index contributed by atoms with van der Waals surface area (Å²) in [6.45, 7) is 4.35. The zero-order valence-electron chi connectivity index (χ0n) is 20.7. The van der Waals surface area contributed by atoms with Crippen LogP contribution >= 0.6 is 15.9 Å². The molecule has 0 saturated carbocycles. The molecule has 1 N–H and O–H groups in total. The number of amides is 1. The van der Waals surface area contributed by atoms with Gasteiger partial charge >= 0.3 is 0 Å². The number of hydrogen-bond donors (Lipinski definition) is 1. The number of hydrogen-bond acceptors (Lipinski definition) is 5. The van der Waals surface area contributed by atoms with Crippen LogP contribution in [-0.2, 0) is 16.0 Å². The van der Waals surface area contributed by atoms with Crippen molar-refractivity contribution in [1.29, 1.82) is 0 Å². The summed E-state index contributed by atoms with van der Waals surface area (Å²) in [6.07, 6.45) is 1.31. The average Bonchev–Trinajstić information content (AvgIpc) is 3.24. The van der Waals surface area contributed by atoms with Crippen molar-refractivity contribution < 1.29 is 19.1 Å².